The monoisotopic (exact) mass is 404 g/mol. The summed E-state index contributed by atoms with van der Waals surface area (Å²) in [6.45, 7) is 8.05. The number of guanidine groups is 1. The lowest BCUT2D eigenvalue weighted by atomic mass is 10.2. The summed E-state index contributed by atoms with van der Waals surface area (Å²) >= 11 is 0. The molecule has 0 saturated carbocycles. The number of nitrogens with two attached hydrogens (primary N) is 1. The highest BCUT2D eigenvalue weighted by atomic mass is 127. The van der Waals surface area contributed by atoms with Gasteiger partial charge in [-0.3, -0.25) is 4.99 Å². The van der Waals surface area contributed by atoms with E-state index in [4.69, 9.17) is 5.73 Å². The second-order valence-electron chi connectivity index (χ2n) is 4.82. The van der Waals surface area contributed by atoms with Crippen LogP contribution in [-0.4, -0.2) is 32.1 Å². The minimum absolute atomic E-state index is 0. The third-order valence-electron chi connectivity index (χ3n) is 3.21. The van der Waals surface area contributed by atoms with Gasteiger partial charge in [-0.2, -0.15) is 0 Å². The van der Waals surface area contributed by atoms with Crippen molar-refractivity contribution in [1.29, 1.82) is 0 Å². The van der Waals surface area contributed by atoms with Crippen molar-refractivity contribution in [3.8, 4) is 0 Å². The molecule has 0 aliphatic carbocycles. The smallest absolute Gasteiger partial charge is 0.188 e. The number of benzene rings is 1. The first kappa shape index (κ1) is 20.0. The van der Waals surface area contributed by atoms with Crippen LogP contribution in [0.5, 0.6) is 0 Å². The first-order valence-electron chi connectivity index (χ1n) is 7.61. The highest BCUT2D eigenvalue weighted by Gasteiger charge is 2.02. The maximum Gasteiger partial charge on any atom is 0.188 e. The zero-order valence-corrected chi connectivity index (χ0v) is 15.5. The fraction of sp³-hybridized carbons (Fsp3) is 0.562. The summed E-state index contributed by atoms with van der Waals surface area (Å²) < 4.78 is 0. The minimum atomic E-state index is 0. The Kier molecular flexibility index (Phi) is 12.1. The van der Waals surface area contributed by atoms with Crippen LogP contribution >= 0.6 is 24.0 Å². The summed E-state index contributed by atoms with van der Waals surface area (Å²) in [5, 5.41) is 3.13. The molecule has 0 saturated heterocycles. The van der Waals surface area contributed by atoms with E-state index in [0.29, 0.717) is 5.96 Å². The normalized spacial score (nSPS) is 10.9. The summed E-state index contributed by atoms with van der Waals surface area (Å²) in [6, 6.07) is 10.5. The number of hydrogen-bond acceptors (Lipinski definition) is 2. The van der Waals surface area contributed by atoms with E-state index in [9.17, 15) is 0 Å². The molecule has 0 aliphatic rings. The lowest BCUT2D eigenvalue weighted by Crippen LogP contribution is -2.32. The summed E-state index contributed by atoms with van der Waals surface area (Å²) in [7, 11) is 0. The van der Waals surface area contributed by atoms with Crippen LogP contribution in [-0.2, 0) is 0 Å². The summed E-state index contributed by atoms with van der Waals surface area (Å²) in [5.74, 6) is 0.571. The second kappa shape index (κ2) is 12.7. The van der Waals surface area contributed by atoms with Crippen molar-refractivity contribution in [3.05, 3.63) is 30.3 Å². The molecule has 0 heterocycles. The van der Waals surface area contributed by atoms with Crippen LogP contribution in [0.4, 0.5) is 5.69 Å². The van der Waals surface area contributed by atoms with Crippen LogP contribution in [0, 0.1) is 0 Å². The van der Waals surface area contributed by atoms with E-state index >= 15 is 0 Å². The van der Waals surface area contributed by atoms with Gasteiger partial charge in [0.25, 0.3) is 0 Å². The number of aliphatic imine (C=N–C) groups is 1. The molecule has 0 bridgehead atoms. The van der Waals surface area contributed by atoms with Gasteiger partial charge in [0.05, 0.1) is 0 Å². The van der Waals surface area contributed by atoms with Crippen LogP contribution in [0.2, 0.25) is 0 Å². The maximum absolute atomic E-state index is 5.80. The van der Waals surface area contributed by atoms with E-state index in [1.165, 1.54) is 12.1 Å². The molecule has 0 fully saturated rings. The summed E-state index contributed by atoms with van der Waals surface area (Å²) in [4.78, 5) is 6.71. The van der Waals surface area contributed by atoms with Crippen molar-refractivity contribution in [2.24, 2.45) is 10.7 Å². The van der Waals surface area contributed by atoms with Crippen molar-refractivity contribution in [3.63, 3.8) is 0 Å². The van der Waals surface area contributed by atoms with Gasteiger partial charge in [-0.05, 0) is 31.9 Å². The van der Waals surface area contributed by atoms with E-state index < -0.39 is 0 Å². The van der Waals surface area contributed by atoms with Gasteiger partial charge in [-0.25, -0.2) is 0 Å². The van der Waals surface area contributed by atoms with E-state index in [0.717, 1.165) is 39.0 Å². The molecule has 4 nitrogen and oxygen atoms in total. The van der Waals surface area contributed by atoms with Gasteiger partial charge in [-0.15, -0.1) is 24.0 Å². The molecular formula is C16H29IN4. The van der Waals surface area contributed by atoms with Gasteiger partial charge in [0.1, 0.15) is 0 Å². The molecule has 0 aliphatic heterocycles. The van der Waals surface area contributed by atoms with Crippen molar-refractivity contribution in [2.45, 2.75) is 33.1 Å². The number of nitrogens with one attached hydrogen (secondary N) is 1. The Morgan fingerprint density at radius 3 is 2.52 bits per heavy atom. The third-order valence-corrected chi connectivity index (χ3v) is 3.21. The fourth-order valence-corrected chi connectivity index (χ4v) is 2.02. The Labute approximate surface area is 146 Å². The number of halogens is 1. The SMILES string of the molecule is CCCCNC(N)=NCCCN(CC)c1ccccc1.I. The Morgan fingerprint density at radius 1 is 1.19 bits per heavy atom. The molecule has 0 spiro atoms. The lowest BCUT2D eigenvalue weighted by Gasteiger charge is -2.22. The van der Waals surface area contributed by atoms with Crippen molar-refractivity contribution in [2.75, 3.05) is 31.1 Å². The molecule has 5 heteroatoms. The zero-order chi connectivity index (χ0) is 14.6. The largest absolute Gasteiger partial charge is 0.372 e. The number of nitrogens with zero attached hydrogens (tertiary/aromatic N) is 2. The predicted molar refractivity (Wildman–Crippen MR) is 104 cm³/mol. The van der Waals surface area contributed by atoms with Gasteiger partial charge in [0.15, 0.2) is 5.96 Å². The Balaban J connectivity index is 0.00000400. The van der Waals surface area contributed by atoms with Crippen LogP contribution in [0.15, 0.2) is 35.3 Å². The Bertz CT molecular complexity index is 381. The van der Waals surface area contributed by atoms with E-state index in [2.05, 4.69) is 53.3 Å². The molecule has 0 atom stereocenters. The van der Waals surface area contributed by atoms with Crippen molar-refractivity contribution in [1.82, 2.24) is 5.32 Å². The molecule has 3 N–H and O–H groups in total. The van der Waals surface area contributed by atoms with Gasteiger partial charge in [0.2, 0.25) is 0 Å². The Hall–Kier alpha value is -0.980. The van der Waals surface area contributed by atoms with Gasteiger partial charge >= 0.3 is 0 Å². The number of rotatable bonds is 9. The standard InChI is InChI=1S/C16H28N4.HI/c1-3-5-12-18-16(17)19-13-9-14-20(4-2)15-10-7-6-8-11-15;/h6-8,10-11H,3-5,9,12-14H2,1-2H3,(H3,17,18,19);1H. The van der Waals surface area contributed by atoms with Crippen LogP contribution in [0.1, 0.15) is 33.1 Å². The van der Waals surface area contributed by atoms with Gasteiger partial charge in [-0.1, -0.05) is 31.5 Å². The summed E-state index contributed by atoms with van der Waals surface area (Å²) in [5.41, 5.74) is 7.07. The number of anilines is 1. The molecule has 1 rings (SSSR count). The minimum Gasteiger partial charge on any atom is -0.372 e. The van der Waals surface area contributed by atoms with Crippen molar-refractivity contribution >= 4 is 35.6 Å². The van der Waals surface area contributed by atoms with Gasteiger partial charge in [0, 0.05) is 31.9 Å². The first-order chi connectivity index (χ1) is 9.77. The molecule has 0 aromatic heterocycles. The Morgan fingerprint density at radius 2 is 1.90 bits per heavy atom. The van der Waals surface area contributed by atoms with Crippen LogP contribution in [0.25, 0.3) is 0 Å². The van der Waals surface area contributed by atoms with E-state index in [-0.39, 0.29) is 24.0 Å². The zero-order valence-electron chi connectivity index (χ0n) is 13.2. The maximum atomic E-state index is 5.80. The lowest BCUT2D eigenvalue weighted by molar-refractivity contribution is 0.733. The summed E-state index contributed by atoms with van der Waals surface area (Å²) in [6.07, 6.45) is 3.32. The number of para-hydroxylation sites is 1. The molecule has 1 aromatic rings. The predicted octanol–water partition coefficient (Wildman–Crippen LogP) is 3.23. The molecule has 21 heavy (non-hydrogen) atoms. The van der Waals surface area contributed by atoms with Crippen LogP contribution in [0.3, 0.4) is 0 Å². The quantitative estimate of drug-likeness (QED) is 0.288. The highest BCUT2D eigenvalue weighted by Crippen LogP contribution is 2.12. The molecule has 0 amide bonds. The average Bonchev–Trinajstić information content (AvgIpc) is 2.48. The molecular weight excluding hydrogens is 375 g/mol. The average molecular weight is 404 g/mol. The highest BCUT2D eigenvalue weighted by molar-refractivity contribution is 14.0. The van der Waals surface area contributed by atoms with Crippen LogP contribution < -0.4 is 16.0 Å². The van der Waals surface area contributed by atoms with Gasteiger partial charge < -0.3 is 16.0 Å². The molecule has 0 unspecified atom stereocenters. The first-order valence-corrected chi connectivity index (χ1v) is 7.61. The second-order valence-corrected chi connectivity index (χ2v) is 4.82. The molecule has 120 valence electrons. The number of hydrogen-bond donors (Lipinski definition) is 2. The third kappa shape index (κ3) is 8.80. The van der Waals surface area contributed by atoms with E-state index in [1.54, 1.807) is 0 Å². The number of unbranched alkanes of at least 4 members (excludes halogenated alkanes) is 1. The topological polar surface area (TPSA) is 53.6 Å². The van der Waals surface area contributed by atoms with E-state index in [1.807, 2.05) is 6.07 Å². The molecule has 0 radical (unpaired) electrons. The fourth-order valence-electron chi connectivity index (χ4n) is 2.02. The molecule has 1 aromatic carbocycles. The van der Waals surface area contributed by atoms with Crippen molar-refractivity contribution < 1.29 is 0 Å².